The minimum absolute atomic E-state index is 0.0107. The Morgan fingerprint density at radius 3 is 0.919 bits per heavy atom. The van der Waals surface area contributed by atoms with Gasteiger partial charge in [0.05, 0.1) is 37.0 Å². The average molecular weight is 1310 g/mol. The van der Waals surface area contributed by atoms with E-state index in [2.05, 4.69) is 141 Å². The van der Waals surface area contributed by atoms with E-state index in [9.17, 15) is 19.2 Å². The number of aliphatic hydroxyl groups excluding tert-OH is 1. The van der Waals surface area contributed by atoms with Crippen LogP contribution in [0.3, 0.4) is 0 Å². The van der Waals surface area contributed by atoms with Gasteiger partial charge < -0.3 is 95.4 Å². The lowest BCUT2D eigenvalue weighted by Gasteiger charge is -2.22. The van der Waals surface area contributed by atoms with Gasteiger partial charge >= 0.3 is 5.97 Å². The molecule has 0 saturated carbocycles. The summed E-state index contributed by atoms with van der Waals surface area (Å²) in [5.74, 6) is 4.13. The van der Waals surface area contributed by atoms with Crippen molar-refractivity contribution in [1.29, 1.82) is 0 Å². The van der Waals surface area contributed by atoms with Crippen LogP contribution in [-0.2, 0) is 42.8 Å². The van der Waals surface area contributed by atoms with Crippen LogP contribution in [0.4, 0.5) is 0 Å². The van der Waals surface area contributed by atoms with Crippen LogP contribution >= 0.6 is 14.1 Å². The number of carboxylic acid groups (broad SMARTS) is 1. The maximum atomic E-state index is 11.9. The predicted octanol–water partition coefficient (Wildman–Crippen LogP) is 4.04. The Bertz CT molecular complexity index is 1370. The molecule has 0 aromatic rings. The van der Waals surface area contributed by atoms with Gasteiger partial charge in [-0.25, -0.2) is 4.79 Å². The molecule has 0 radical (unpaired) electrons. The summed E-state index contributed by atoms with van der Waals surface area (Å²) in [5, 5.41) is 26.7. The molecule has 0 bridgehead atoms. The van der Waals surface area contributed by atoms with Gasteiger partial charge in [0.25, 0.3) is 0 Å². The molecule has 1 unspecified atom stereocenters. The Labute approximate surface area is 539 Å². The highest BCUT2D eigenvalue weighted by atomic mass is 32.7. The molecule has 0 aliphatic heterocycles. The number of rotatable bonds is 39. The van der Waals surface area contributed by atoms with Crippen molar-refractivity contribution in [2.45, 2.75) is 276 Å². The smallest absolute Gasteiger partial charge is 0.362 e. The maximum Gasteiger partial charge on any atom is 0.362 e. The molecule has 33 N–H and O–H groups in total. The summed E-state index contributed by atoms with van der Waals surface area (Å²) in [6, 6.07) is -0.192. The third-order valence-corrected chi connectivity index (χ3v) is 16.5. The molecule has 0 heterocycles. The van der Waals surface area contributed by atoms with Gasteiger partial charge in [-0.2, -0.15) is 0 Å². The van der Waals surface area contributed by atoms with Gasteiger partial charge in [-0.3, -0.25) is 19.7 Å². The number of carbonyl (C=O) groups is 4. The van der Waals surface area contributed by atoms with E-state index in [1.54, 1.807) is 0 Å². The number of nitrogens with two attached hydrogens (primary N) is 11. The topological polar surface area (TPSA) is 486 Å². The molecule has 0 rings (SSSR count). The lowest BCUT2D eigenvalue weighted by molar-refractivity contribution is -0.410. The Morgan fingerprint density at radius 2 is 0.767 bits per heavy atom. The standard InChI is InChI=1S/2C12H26N2O.C9H20.C8H22N6O.C8H18O.C6H14N2O2.C5H16N4.P2S2/c2*1-9(2)12(15)11(14-10(3)4)7-5-6-8-13;1-6-9(7(2)3)8(4)5;9-4-2-1-3-5(14-8(12)13)6(15)7(10)11;1-6(2)8(5-9)7(3)4;7-4-2-1-3-5(8)6(9)10;1-2-3(4(6)7)5(8)9;3-1-2-4/h2*9-11,14H,5-8,13H2,1-4H3;7-9H,6H2,1-5H3;5,7-8,14H,1-4,9-13H2;6-9H,5H2,1-4H3;5H,1-4,7-8H2,(H,9,10);3-5H,2,6-9H2,1H3;/p+2/t2*11-;;5-;;;;/m00.0..../s1. The number of aliphatic hydroxyl groups is 1. The Morgan fingerprint density at radius 1 is 0.465 bits per heavy atom. The third-order valence-electron chi connectivity index (χ3n) is 13.8. The first kappa shape index (κ1) is 101. The first-order chi connectivity index (χ1) is 39.8. The van der Waals surface area contributed by atoms with E-state index >= 15 is 0 Å². The molecule has 0 saturated heterocycles. The highest BCUT2D eigenvalue weighted by Gasteiger charge is 2.24. The zero-order valence-corrected chi connectivity index (χ0v) is 61.3. The van der Waals surface area contributed by atoms with Crippen molar-refractivity contribution in [2.75, 3.05) is 32.8 Å². The van der Waals surface area contributed by atoms with Gasteiger partial charge in [0.1, 0.15) is 12.5 Å². The largest absolute Gasteiger partial charge is 0.477 e. The maximum absolute atomic E-state index is 11.9. The number of carboxylic acids is 1. The summed E-state index contributed by atoms with van der Waals surface area (Å²) in [6.45, 7) is 41.5. The van der Waals surface area contributed by atoms with Crippen molar-refractivity contribution in [3.8, 4) is 0 Å². The summed E-state index contributed by atoms with van der Waals surface area (Å²) < 4.78 is 0. The average Bonchev–Trinajstić information content (AvgIpc) is 3.40. The minimum Gasteiger partial charge on any atom is -0.477 e. The molecule has 26 heteroatoms. The van der Waals surface area contributed by atoms with E-state index < -0.39 is 42.8 Å². The number of hydrogen-bond donors (Lipinski definition) is 18. The normalized spacial score (nSPS) is 12.8. The molecule has 0 amide bonds. The minimum atomic E-state index is -1.00. The van der Waals surface area contributed by atoms with Gasteiger partial charge in [0.15, 0.2) is 23.4 Å². The first-order valence-electron chi connectivity index (χ1n) is 32.0. The van der Waals surface area contributed by atoms with Crippen LogP contribution in [0.15, 0.2) is 0 Å². The summed E-state index contributed by atoms with van der Waals surface area (Å²) >= 11 is 8.82. The molecule has 0 aliphatic rings. The van der Waals surface area contributed by atoms with Crippen molar-refractivity contribution < 1.29 is 40.9 Å². The molecule has 0 spiro atoms. The summed E-state index contributed by atoms with van der Waals surface area (Å²) in [7, 11) is 1.74. The zero-order chi connectivity index (χ0) is 69.2. The molecule has 0 aromatic heterocycles. The van der Waals surface area contributed by atoms with Crippen molar-refractivity contribution in [3.05, 3.63) is 0 Å². The predicted molar refractivity (Wildman–Crippen MR) is 375 cm³/mol. The van der Waals surface area contributed by atoms with Crippen LogP contribution < -0.4 is 90.5 Å². The van der Waals surface area contributed by atoms with E-state index in [0.717, 1.165) is 109 Å². The molecule has 0 aromatic carbocycles. The first-order valence-corrected chi connectivity index (χ1v) is 36.5. The second-order valence-corrected chi connectivity index (χ2v) is 28.8. The fourth-order valence-electron chi connectivity index (χ4n) is 8.87. The number of unbranched alkanes of at least 4 members (excludes halogenated alkanes) is 4. The van der Waals surface area contributed by atoms with Crippen molar-refractivity contribution >= 4 is 61.0 Å². The van der Waals surface area contributed by atoms with Crippen LogP contribution in [0.1, 0.15) is 215 Å². The fourth-order valence-corrected chi connectivity index (χ4v) is 8.87. The van der Waals surface area contributed by atoms with Gasteiger partial charge in [-0.05, 0) is 137 Å². The van der Waals surface area contributed by atoms with E-state index in [-0.39, 0.29) is 35.6 Å². The molecule has 0 aliphatic carbocycles. The number of aliphatic carboxylic acids is 1. The number of carbonyl (C=O) groups excluding carboxylic acids is 3. The summed E-state index contributed by atoms with van der Waals surface area (Å²) in [6.07, 6.45) is 10.3. The second-order valence-electron chi connectivity index (χ2n) is 24.6. The lowest BCUT2D eigenvalue weighted by Crippen LogP contribution is -2.64. The molecule has 4 atom stereocenters. The van der Waals surface area contributed by atoms with Crippen LogP contribution in [0.2, 0.25) is 0 Å². The highest BCUT2D eigenvalue weighted by molar-refractivity contribution is 8.40. The van der Waals surface area contributed by atoms with Crippen LogP contribution in [0.25, 0.3) is 0 Å². The zero-order valence-electron chi connectivity index (χ0n) is 57.9. The van der Waals surface area contributed by atoms with Crippen molar-refractivity contribution in [1.82, 2.24) is 16.0 Å². The number of nitrogens with one attached hydrogen (secondary N) is 3. The quantitative estimate of drug-likeness (QED) is 0.0234. The monoisotopic (exact) mass is 1310 g/mol. The van der Waals surface area contributed by atoms with E-state index in [4.69, 9.17) is 73.3 Å². The number of quaternary nitrogens is 2. The van der Waals surface area contributed by atoms with Crippen LogP contribution in [0.5, 0.6) is 0 Å². The number of hydrogen-bond acceptors (Lipinski definition) is 21. The van der Waals surface area contributed by atoms with E-state index in [1.165, 1.54) is 6.42 Å². The van der Waals surface area contributed by atoms with Gasteiger partial charge in [-0.15, -0.1) is 0 Å². The van der Waals surface area contributed by atoms with E-state index in [0.29, 0.717) is 80.5 Å². The van der Waals surface area contributed by atoms with Crippen LogP contribution in [-0.4, -0.2) is 127 Å². The van der Waals surface area contributed by atoms with Gasteiger partial charge in [0, 0.05) is 57.0 Å². The highest BCUT2D eigenvalue weighted by Crippen LogP contribution is 2.23. The van der Waals surface area contributed by atoms with Crippen molar-refractivity contribution in [2.24, 2.45) is 116 Å². The second kappa shape index (κ2) is 68.2. The van der Waals surface area contributed by atoms with Crippen molar-refractivity contribution in [3.63, 3.8) is 0 Å². The SMILES string of the molecule is CC(C)C(CO)C(C)C.CC(C)N[C@@H](CCCCN)C(=O)C(C)C.CC(C)N[C@@H](CCCCN)C(=O)C(C)C.CCC(C(C)C)C(C)C.CCC(C(N)N)C(N)N.NCCCC[C@H](NC(N)N)C(=O)C(N)N.S=PP=S.[NH3+]CCCCC([NH3+])C(=O)O. The molecule has 86 heavy (non-hydrogen) atoms. The van der Waals surface area contributed by atoms with Crippen LogP contribution in [0, 0.1) is 53.3 Å². The molecule has 520 valence electrons. The lowest BCUT2D eigenvalue weighted by atomic mass is 9.84. The van der Waals surface area contributed by atoms with Gasteiger partial charge in [-0.1, -0.05) is 150 Å². The number of ketones is 3. The molecule has 0 fully saturated rings. The van der Waals surface area contributed by atoms with E-state index in [1.807, 2.05) is 34.6 Å². The molecular weight excluding hydrogens is 1170 g/mol. The molecular formula is C60H144N16O6P2S2+2. The Hall–Kier alpha value is -1.16. The molecule has 22 nitrogen and oxygen atoms in total. The third kappa shape index (κ3) is 68.7. The Kier molecular flexibility index (Phi) is 80.1. The Balaban J connectivity index is -0.000000138. The fraction of sp³-hybridized carbons (Fsp3) is 0.933. The summed E-state index contributed by atoms with van der Waals surface area (Å²) in [4.78, 5) is 45.5. The number of Topliss-reactive ketones (excluding diaryl/α,β-unsaturated/α-hetero) is 3. The summed E-state index contributed by atoms with van der Waals surface area (Å²) in [5.41, 5.74) is 66.1. The van der Waals surface area contributed by atoms with Gasteiger partial charge in [0.2, 0.25) is 0 Å².